The number of carbonyl (C=O) groups excluding carboxylic acids is 2. The van der Waals surface area contributed by atoms with Crippen LogP contribution in [0.1, 0.15) is 90.7 Å². The molecule has 1 saturated heterocycles. The normalized spacial score (nSPS) is 16.2. The summed E-state index contributed by atoms with van der Waals surface area (Å²) < 4.78 is 13.6. The summed E-state index contributed by atoms with van der Waals surface area (Å²) in [6, 6.07) is 52.9. The van der Waals surface area contributed by atoms with Gasteiger partial charge in [0.25, 0.3) is 0 Å². The number of ether oxygens (including phenoxy) is 2. The number of anilines is 2. The summed E-state index contributed by atoms with van der Waals surface area (Å²) in [7, 11) is 0. The fraction of sp³-hybridized carbons (Fsp3) is 0.283. The van der Waals surface area contributed by atoms with E-state index >= 15 is 0 Å². The summed E-state index contributed by atoms with van der Waals surface area (Å²) in [5, 5.41) is 15.7. The van der Waals surface area contributed by atoms with Crippen molar-refractivity contribution in [3.05, 3.63) is 191 Å². The number of aliphatic hydroxyl groups excluding tert-OH is 1. The summed E-state index contributed by atoms with van der Waals surface area (Å²) in [4.78, 5) is 27.6. The predicted octanol–water partition coefficient (Wildman–Crippen LogP) is 10.3. The molecule has 1 fully saturated rings. The van der Waals surface area contributed by atoms with E-state index in [0.717, 1.165) is 78.7 Å². The number of carbonyl (C=O) groups is 2. The quantitative estimate of drug-likeness (QED) is 0.0446. The SMILES string of the molecule is Nc1ccccc1NC(=O)CCCCCCC(=O)NCc1ccccc1-c1ccc(C2OC(CN(Cc3ccccc3)Cc3ccccc3)CC(c3ccc(CO)cc3)O2)cc1. The Morgan fingerprint density at radius 3 is 1.89 bits per heavy atom. The van der Waals surface area contributed by atoms with Crippen LogP contribution in [0.2, 0.25) is 0 Å². The van der Waals surface area contributed by atoms with Gasteiger partial charge in [-0.1, -0.05) is 158 Å². The summed E-state index contributed by atoms with van der Waals surface area (Å²) in [5.74, 6) is -0.0370. The molecule has 5 N–H and O–H groups in total. The van der Waals surface area contributed by atoms with E-state index in [2.05, 4.69) is 100 Å². The highest BCUT2D eigenvalue weighted by molar-refractivity contribution is 5.93. The average molecular weight is 831 g/mol. The summed E-state index contributed by atoms with van der Waals surface area (Å²) >= 11 is 0. The third kappa shape index (κ3) is 13.0. The molecule has 0 aliphatic carbocycles. The second-order valence-electron chi connectivity index (χ2n) is 16.1. The standard InChI is InChI=1S/C53H58N4O5/c54-48-21-13-14-22-49(48)56-52(60)24-10-2-1-9-23-51(59)55-34-45-19-11-12-20-47(45)42-29-31-44(32-30-42)53-61-46(33-50(62-53)43-27-25-41(38-58)26-28-43)37-57(35-39-15-5-3-6-16-39)36-40-17-7-4-8-18-40/h3-8,11-22,25-32,46,50,53,58H,1-2,9-10,23-24,33-38,54H2,(H,55,59)(H,56,60). The lowest BCUT2D eigenvalue weighted by Crippen LogP contribution is -2.39. The van der Waals surface area contributed by atoms with Crippen molar-refractivity contribution < 1.29 is 24.2 Å². The van der Waals surface area contributed by atoms with Gasteiger partial charge in [0.15, 0.2) is 6.29 Å². The summed E-state index contributed by atoms with van der Waals surface area (Å²) in [6.45, 7) is 2.72. The zero-order valence-corrected chi connectivity index (χ0v) is 35.3. The Hall–Kier alpha value is -6.10. The first-order valence-corrected chi connectivity index (χ1v) is 21.8. The van der Waals surface area contributed by atoms with E-state index in [1.807, 2.05) is 60.7 Å². The predicted molar refractivity (Wildman–Crippen MR) is 246 cm³/mol. The molecule has 0 bridgehead atoms. The van der Waals surface area contributed by atoms with E-state index in [1.54, 1.807) is 12.1 Å². The number of nitrogens with zero attached hydrogens (tertiary/aromatic N) is 1. The van der Waals surface area contributed by atoms with Gasteiger partial charge in [0, 0.05) is 51.0 Å². The molecule has 0 aromatic heterocycles. The number of unbranched alkanes of at least 4 members (excludes halogenated alkanes) is 3. The van der Waals surface area contributed by atoms with Gasteiger partial charge in [-0.05, 0) is 63.9 Å². The van der Waals surface area contributed by atoms with E-state index in [4.69, 9.17) is 15.2 Å². The maximum atomic E-state index is 12.9. The van der Waals surface area contributed by atoms with E-state index in [9.17, 15) is 14.7 Å². The number of hydrogen-bond donors (Lipinski definition) is 4. The number of nitrogens with one attached hydrogen (secondary N) is 2. The third-order valence-electron chi connectivity index (χ3n) is 11.4. The summed E-state index contributed by atoms with van der Waals surface area (Å²) in [6.07, 6.45) is 3.94. The molecular formula is C53H58N4O5. The summed E-state index contributed by atoms with van der Waals surface area (Å²) in [5.41, 5.74) is 15.6. The van der Waals surface area contributed by atoms with Crippen LogP contribution in [0.5, 0.6) is 0 Å². The molecule has 1 aliphatic heterocycles. The van der Waals surface area contributed by atoms with Crippen molar-refractivity contribution in [1.29, 1.82) is 0 Å². The Kier molecular flexibility index (Phi) is 16.1. The van der Waals surface area contributed by atoms with Crippen LogP contribution in [-0.2, 0) is 45.3 Å². The van der Waals surface area contributed by atoms with Crippen molar-refractivity contribution in [2.45, 2.75) is 89.7 Å². The van der Waals surface area contributed by atoms with Gasteiger partial charge in [0.05, 0.1) is 30.2 Å². The Labute approximate surface area is 365 Å². The smallest absolute Gasteiger partial charge is 0.224 e. The van der Waals surface area contributed by atoms with Gasteiger partial charge in [0.2, 0.25) is 11.8 Å². The monoisotopic (exact) mass is 830 g/mol. The van der Waals surface area contributed by atoms with Crippen molar-refractivity contribution in [2.75, 3.05) is 17.6 Å². The van der Waals surface area contributed by atoms with E-state index in [0.29, 0.717) is 37.2 Å². The highest BCUT2D eigenvalue weighted by Gasteiger charge is 2.33. The van der Waals surface area contributed by atoms with Gasteiger partial charge in [-0.2, -0.15) is 0 Å². The molecule has 320 valence electrons. The van der Waals surface area contributed by atoms with Crippen molar-refractivity contribution in [3.8, 4) is 11.1 Å². The molecule has 0 saturated carbocycles. The minimum Gasteiger partial charge on any atom is -0.397 e. The fourth-order valence-corrected chi connectivity index (χ4v) is 8.00. The Morgan fingerprint density at radius 2 is 1.23 bits per heavy atom. The van der Waals surface area contributed by atoms with E-state index < -0.39 is 6.29 Å². The molecule has 1 aliphatic rings. The number of nitrogens with two attached hydrogens (primary N) is 1. The number of amides is 2. The molecule has 3 atom stereocenters. The number of aliphatic hydroxyl groups is 1. The van der Waals surface area contributed by atoms with Crippen molar-refractivity contribution in [2.24, 2.45) is 0 Å². The van der Waals surface area contributed by atoms with Gasteiger partial charge in [-0.25, -0.2) is 0 Å². The van der Waals surface area contributed by atoms with Crippen LogP contribution in [0, 0.1) is 0 Å². The highest BCUT2D eigenvalue weighted by Crippen LogP contribution is 2.39. The molecule has 9 heteroatoms. The van der Waals surface area contributed by atoms with E-state index in [1.165, 1.54) is 11.1 Å². The van der Waals surface area contributed by atoms with Gasteiger partial charge < -0.3 is 30.9 Å². The third-order valence-corrected chi connectivity index (χ3v) is 11.4. The molecular weight excluding hydrogens is 773 g/mol. The largest absolute Gasteiger partial charge is 0.397 e. The molecule has 0 spiro atoms. The van der Waals surface area contributed by atoms with Crippen LogP contribution in [0.15, 0.2) is 158 Å². The maximum absolute atomic E-state index is 12.9. The molecule has 1 heterocycles. The second kappa shape index (κ2) is 22.7. The Morgan fingerprint density at radius 1 is 0.629 bits per heavy atom. The van der Waals surface area contributed by atoms with Crippen LogP contribution >= 0.6 is 0 Å². The Balaban J connectivity index is 0.961. The lowest BCUT2D eigenvalue weighted by Gasteiger charge is -2.38. The second-order valence-corrected chi connectivity index (χ2v) is 16.1. The van der Waals surface area contributed by atoms with Crippen LogP contribution in [0.3, 0.4) is 0 Å². The number of nitrogen functional groups attached to an aromatic ring is 1. The lowest BCUT2D eigenvalue weighted by atomic mass is 9.97. The van der Waals surface area contributed by atoms with Crippen LogP contribution in [0.4, 0.5) is 11.4 Å². The first-order chi connectivity index (χ1) is 30.4. The molecule has 2 amide bonds. The Bertz CT molecular complexity index is 2260. The number of benzene rings is 6. The van der Waals surface area contributed by atoms with Crippen molar-refractivity contribution in [3.63, 3.8) is 0 Å². The molecule has 0 radical (unpaired) electrons. The molecule has 3 unspecified atom stereocenters. The van der Waals surface area contributed by atoms with Gasteiger partial charge >= 0.3 is 0 Å². The average Bonchev–Trinajstić information content (AvgIpc) is 3.31. The highest BCUT2D eigenvalue weighted by atomic mass is 16.7. The fourth-order valence-electron chi connectivity index (χ4n) is 8.00. The van der Waals surface area contributed by atoms with Crippen molar-refractivity contribution in [1.82, 2.24) is 10.2 Å². The number of hydrogen-bond acceptors (Lipinski definition) is 7. The molecule has 6 aromatic rings. The molecule has 6 aromatic carbocycles. The van der Waals surface area contributed by atoms with Crippen LogP contribution in [-0.4, -0.2) is 34.5 Å². The van der Waals surface area contributed by atoms with Gasteiger partial charge in [-0.15, -0.1) is 0 Å². The van der Waals surface area contributed by atoms with Gasteiger partial charge in [-0.3, -0.25) is 14.5 Å². The minimum atomic E-state index is -0.582. The maximum Gasteiger partial charge on any atom is 0.224 e. The molecule has 7 rings (SSSR count). The van der Waals surface area contributed by atoms with Crippen LogP contribution < -0.4 is 16.4 Å². The van der Waals surface area contributed by atoms with Crippen molar-refractivity contribution >= 4 is 23.2 Å². The zero-order valence-electron chi connectivity index (χ0n) is 35.3. The molecule has 9 nitrogen and oxygen atoms in total. The van der Waals surface area contributed by atoms with E-state index in [-0.39, 0.29) is 30.6 Å². The zero-order chi connectivity index (χ0) is 42.9. The molecule has 62 heavy (non-hydrogen) atoms. The number of rotatable bonds is 20. The first kappa shape index (κ1) is 44.0. The lowest BCUT2D eigenvalue weighted by molar-refractivity contribution is -0.253. The minimum absolute atomic E-state index is 0.00704. The topological polar surface area (TPSA) is 126 Å². The first-order valence-electron chi connectivity index (χ1n) is 21.8. The van der Waals surface area contributed by atoms with Crippen LogP contribution in [0.25, 0.3) is 11.1 Å². The number of para-hydroxylation sites is 2. The van der Waals surface area contributed by atoms with Gasteiger partial charge in [0.1, 0.15) is 0 Å².